The van der Waals surface area contributed by atoms with Crippen LogP contribution in [0.5, 0.6) is 0 Å². The number of benzene rings is 1. The highest BCUT2D eigenvalue weighted by Crippen LogP contribution is 2.33. The molecule has 0 aromatic heterocycles. The first-order chi connectivity index (χ1) is 21.5. The predicted molar refractivity (Wildman–Crippen MR) is 151 cm³/mol. The summed E-state index contributed by atoms with van der Waals surface area (Å²) < 4.78 is 35.3. The standard InChI is InChI=1S/C28H47N3O14/c1-2-16(35)31-19-22(38)23(44-27-17(29)21(37)20(36)13(8-32)42-27)14(9-33)43-28(19)45-24-15(10-34)41-26(39)18(30)25(24)40-11-12-6-4-3-5-7-12/h3-7,13-28,31-39H,2,8-11,29-30H2,1H3/t13-,14-,15-,16?,17-,18-,19-,20-,21-,22-,23?,24?,25-,26-,27+,28+/m1/s1. The van der Waals surface area contributed by atoms with E-state index in [1.807, 2.05) is 30.3 Å². The van der Waals surface area contributed by atoms with E-state index >= 15 is 0 Å². The maximum Gasteiger partial charge on any atom is 0.176 e. The average Bonchev–Trinajstić information content (AvgIpc) is 3.05. The summed E-state index contributed by atoms with van der Waals surface area (Å²) >= 11 is 0. The Balaban J connectivity index is 1.58. The van der Waals surface area contributed by atoms with Crippen LogP contribution in [0.4, 0.5) is 0 Å². The van der Waals surface area contributed by atoms with Crippen LogP contribution in [0.15, 0.2) is 30.3 Å². The summed E-state index contributed by atoms with van der Waals surface area (Å²) in [7, 11) is 0. The van der Waals surface area contributed by atoms with Crippen LogP contribution in [0, 0.1) is 0 Å². The van der Waals surface area contributed by atoms with Crippen LogP contribution >= 0.6 is 0 Å². The van der Waals surface area contributed by atoms with Crippen molar-refractivity contribution in [3.63, 3.8) is 0 Å². The molecule has 3 heterocycles. The minimum Gasteiger partial charge on any atom is -0.394 e. The first-order valence-corrected chi connectivity index (χ1v) is 15.0. The normalized spacial score (nSPS) is 43.2. The number of nitrogens with one attached hydrogen (secondary N) is 1. The third-order valence-electron chi connectivity index (χ3n) is 8.31. The SMILES string of the molecule is CCC(O)N[C@H]1[C@H](OC2[C@@H](CO)O[C@@H](O)[C@H](N)[C@H]2OCc2ccccc2)O[C@H](CO)C(O[C@@H]2O[C@H](CO)[C@@H](O)[C@H](O)[C@H]2N)[C@@H]1O. The monoisotopic (exact) mass is 649 g/mol. The van der Waals surface area contributed by atoms with E-state index in [2.05, 4.69) is 5.32 Å². The summed E-state index contributed by atoms with van der Waals surface area (Å²) in [6.45, 7) is -0.245. The van der Waals surface area contributed by atoms with E-state index < -0.39 is 118 Å². The minimum atomic E-state index is -1.59. The lowest BCUT2D eigenvalue weighted by molar-refractivity contribution is -0.354. The van der Waals surface area contributed by atoms with E-state index in [9.17, 15) is 40.9 Å². The Labute approximate surface area is 260 Å². The topological polar surface area (TPSA) is 281 Å². The lowest BCUT2D eigenvalue weighted by atomic mass is 9.94. The molecule has 3 aliphatic rings. The quantitative estimate of drug-likeness (QED) is 0.0891. The second-order valence-electron chi connectivity index (χ2n) is 11.4. The fraction of sp³-hybridized carbons (Fsp3) is 0.786. The summed E-state index contributed by atoms with van der Waals surface area (Å²) in [6, 6.07) is 5.43. The van der Waals surface area contributed by atoms with Crippen LogP contribution in [-0.2, 0) is 35.0 Å². The van der Waals surface area contributed by atoms with Gasteiger partial charge in [0.25, 0.3) is 0 Å². The molecule has 0 spiro atoms. The second kappa shape index (κ2) is 16.6. The fourth-order valence-electron chi connectivity index (χ4n) is 5.63. The Morgan fingerprint density at radius 1 is 0.756 bits per heavy atom. The Bertz CT molecular complexity index is 1020. The van der Waals surface area contributed by atoms with Crippen LogP contribution < -0.4 is 16.8 Å². The predicted octanol–water partition coefficient (Wildman–Crippen LogP) is -5.09. The molecule has 0 aliphatic carbocycles. The summed E-state index contributed by atoms with van der Waals surface area (Å²) in [5.41, 5.74) is 13.1. The van der Waals surface area contributed by atoms with E-state index in [0.29, 0.717) is 0 Å². The second-order valence-corrected chi connectivity index (χ2v) is 11.4. The molecule has 17 heteroatoms. The van der Waals surface area contributed by atoms with Gasteiger partial charge < -0.3 is 80.7 Å². The van der Waals surface area contributed by atoms with Gasteiger partial charge in [-0.15, -0.1) is 0 Å². The first kappa shape index (κ1) is 36.4. The molecule has 258 valence electrons. The molecule has 3 fully saturated rings. The van der Waals surface area contributed by atoms with Gasteiger partial charge >= 0.3 is 0 Å². The van der Waals surface area contributed by atoms with E-state index in [4.69, 9.17) is 39.9 Å². The van der Waals surface area contributed by atoms with Crippen LogP contribution in [-0.4, -0.2) is 159 Å². The lowest BCUT2D eigenvalue weighted by Gasteiger charge is -2.50. The Kier molecular flexibility index (Phi) is 13.4. The van der Waals surface area contributed by atoms with Crippen LogP contribution in [0.25, 0.3) is 0 Å². The molecule has 17 nitrogen and oxygen atoms in total. The van der Waals surface area contributed by atoms with E-state index in [1.165, 1.54) is 0 Å². The number of nitrogens with two attached hydrogens (primary N) is 2. The van der Waals surface area contributed by atoms with Crippen LogP contribution in [0.2, 0.25) is 0 Å². The number of rotatable bonds is 13. The molecular weight excluding hydrogens is 602 g/mol. The molecule has 45 heavy (non-hydrogen) atoms. The molecule has 0 amide bonds. The van der Waals surface area contributed by atoms with Gasteiger partial charge in [0.15, 0.2) is 18.9 Å². The summed E-state index contributed by atoms with van der Waals surface area (Å²) in [4.78, 5) is 0. The van der Waals surface area contributed by atoms with Gasteiger partial charge in [-0.05, 0) is 12.0 Å². The van der Waals surface area contributed by atoms with Crippen LogP contribution in [0.3, 0.4) is 0 Å². The first-order valence-electron chi connectivity index (χ1n) is 15.0. The fourth-order valence-corrected chi connectivity index (χ4v) is 5.63. The zero-order valence-corrected chi connectivity index (χ0v) is 24.8. The molecule has 0 bridgehead atoms. The highest BCUT2D eigenvalue weighted by Gasteiger charge is 2.53. The molecule has 4 rings (SSSR count). The number of aliphatic hydroxyl groups is 8. The van der Waals surface area contributed by atoms with Gasteiger partial charge in [0, 0.05) is 0 Å². The van der Waals surface area contributed by atoms with E-state index in [-0.39, 0.29) is 13.0 Å². The molecule has 3 aliphatic heterocycles. The molecule has 0 saturated carbocycles. The van der Waals surface area contributed by atoms with Crippen molar-refractivity contribution >= 4 is 0 Å². The molecule has 16 atom stereocenters. The Morgan fingerprint density at radius 3 is 1.98 bits per heavy atom. The molecule has 3 saturated heterocycles. The van der Waals surface area contributed by atoms with E-state index in [0.717, 1.165) is 5.56 Å². The molecule has 3 unspecified atom stereocenters. The molecule has 1 aromatic carbocycles. The Hall–Kier alpha value is -1.46. The van der Waals surface area contributed by atoms with Crippen molar-refractivity contribution in [1.29, 1.82) is 0 Å². The van der Waals surface area contributed by atoms with Gasteiger partial charge in [-0.3, -0.25) is 5.32 Å². The molecule has 1 aromatic rings. The van der Waals surface area contributed by atoms with Crippen LogP contribution in [0.1, 0.15) is 18.9 Å². The molecule has 0 radical (unpaired) electrons. The molecular formula is C28H47N3O14. The van der Waals surface area contributed by atoms with Crippen molar-refractivity contribution in [3.05, 3.63) is 35.9 Å². The number of aliphatic hydroxyl groups excluding tert-OH is 8. The van der Waals surface area contributed by atoms with Gasteiger partial charge in [0.05, 0.1) is 44.6 Å². The van der Waals surface area contributed by atoms with Crippen molar-refractivity contribution in [1.82, 2.24) is 5.32 Å². The maximum atomic E-state index is 11.6. The van der Waals surface area contributed by atoms with Crippen molar-refractivity contribution < 1.29 is 69.3 Å². The van der Waals surface area contributed by atoms with Crippen molar-refractivity contribution in [3.8, 4) is 0 Å². The van der Waals surface area contributed by atoms with Gasteiger partial charge in [-0.2, -0.15) is 0 Å². The molecule has 13 N–H and O–H groups in total. The summed E-state index contributed by atoms with van der Waals surface area (Å²) in [6.07, 6.45) is -17.3. The number of hydrogen-bond donors (Lipinski definition) is 11. The van der Waals surface area contributed by atoms with Gasteiger partial charge in [-0.1, -0.05) is 37.3 Å². The summed E-state index contributed by atoms with van der Waals surface area (Å²) in [5, 5.41) is 85.8. The smallest absolute Gasteiger partial charge is 0.176 e. The lowest BCUT2D eigenvalue weighted by Crippen LogP contribution is -2.70. The van der Waals surface area contributed by atoms with Crippen molar-refractivity contribution in [2.75, 3.05) is 19.8 Å². The Morgan fingerprint density at radius 2 is 1.36 bits per heavy atom. The summed E-state index contributed by atoms with van der Waals surface area (Å²) in [5.74, 6) is 0. The number of hydrogen-bond acceptors (Lipinski definition) is 17. The largest absolute Gasteiger partial charge is 0.394 e. The van der Waals surface area contributed by atoms with Crippen molar-refractivity contribution in [2.45, 2.75) is 118 Å². The zero-order chi connectivity index (χ0) is 32.8. The highest BCUT2D eigenvalue weighted by atomic mass is 16.7. The maximum absolute atomic E-state index is 11.6. The highest BCUT2D eigenvalue weighted by molar-refractivity contribution is 5.13. The zero-order valence-electron chi connectivity index (χ0n) is 24.8. The third-order valence-corrected chi connectivity index (χ3v) is 8.31. The average molecular weight is 650 g/mol. The number of ether oxygens (including phenoxy) is 6. The van der Waals surface area contributed by atoms with E-state index in [1.54, 1.807) is 6.92 Å². The van der Waals surface area contributed by atoms with Gasteiger partial charge in [0.2, 0.25) is 0 Å². The van der Waals surface area contributed by atoms with Crippen molar-refractivity contribution in [2.24, 2.45) is 11.5 Å². The van der Waals surface area contributed by atoms with Gasteiger partial charge in [0.1, 0.15) is 61.2 Å². The minimum absolute atomic E-state index is 0.0700. The van der Waals surface area contributed by atoms with Gasteiger partial charge in [-0.25, -0.2) is 0 Å². The third kappa shape index (κ3) is 8.34.